The van der Waals surface area contributed by atoms with Crippen LogP contribution in [0.4, 0.5) is 10.1 Å². The highest BCUT2D eigenvalue weighted by atomic mass is 19.1. The second kappa shape index (κ2) is 11.5. The number of ether oxygens (including phenoxy) is 1. The summed E-state index contributed by atoms with van der Waals surface area (Å²) in [5.74, 6) is 5.58. The molecule has 1 aromatic heterocycles. The number of amides is 2. The van der Waals surface area contributed by atoms with Gasteiger partial charge < -0.3 is 20.1 Å². The fourth-order valence-electron chi connectivity index (χ4n) is 3.14. The second-order valence-electron chi connectivity index (χ2n) is 8.81. The lowest BCUT2D eigenvalue weighted by Crippen LogP contribution is -2.37. The van der Waals surface area contributed by atoms with Gasteiger partial charge >= 0.3 is 0 Å². The van der Waals surface area contributed by atoms with Crippen molar-refractivity contribution in [1.29, 1.82) is 0 Å². The fourth-order valence-corrected chi connectivity index (χ4v) is 3.14. The van der Waals surface area contributed by atoms with Crippen molar-refractivity contribution >= 4 is 18.0 Å². The molecular formula is C26H28FN5O4. The largest absolute Gasteiger partial charge is 0.489 e. The Morgan fingerprint density at radius 1 is 1.33 bits per heavy atom. The molecule has 0 fully saturated rings. The smallest absolute Gasteiger partial charge is 0.291 e. The number of aromatic nitrogens is 3. The molecular weight excluding hydrogens is 465 g/mol. The number of carbonyl (C=O) groups is 2. The van der Waals surface area contributed by atoms with Gasteiger partial charge in [-0.2, -0.15) is 0 Å². The van der Waals surface area contributed by atoms with Crippen LogP contribution in [0.2, 0.25) is 0 Å². The lowest BCUT2D eigenvalue weighted by Gasteiger charge is -2.19. The molecule has 1 heterocycles. The van der Waals surface area contributed by atoms with Gasteiger partial charge in [0.2, 0.25) is 12.2 Å². The van der Waals surface area contributed by atoms with Gasteiger partial charge in [-0.3, -0.25) is 14.7 Å². The van der Waals surface area contributed by atoms with Crippen molar-refractivity contribution in [1.82, 2.24) is 20.5 Å². The maximum Gasteiger partial charge on any atom is 0.291 e. The van der Waals surface area contributed by atoms with Gasteiger partial charge in [-0.25, -0.2) is 9.37 Å². The predicted molar refractivity (Wildman–Crippen MR) is 132 cm³/mol. The van der Waals surface area contributed by atoms with E-state index in [1.54, 1.807) is 58.2 Å². The number of hydrogen-bond acceptors (Lipinski definition) is 6. The molecule has 3 N–H and O–H groups in total. The van der Waals surface area contributed by atoms with Crippen LogP contribution in [0.3, 0.4) is 0 Å². The highest BCUT2D eigenvalue weighted by Gasteiger charge is 2.17. The van der Waals surface area contributed by atoms with Crippen LogP contribution in [-0.4, -0.2) is 57.9 Å². The third-order valence-electron chi connectivity index (χ3n) is 4.87. The maximum atomic E-state index is 13.4. The van der Waals surface area contributed by atoms with Crippen LogP contribution in [0.1, 0.15) is 48.3 Å². The zero-order chi connectivity index (χ0) is 26.3. The average molecular weight is 494 g/mol. The number of rotatable bonds is 9. The van der Waals surface area contributed by atoms with Crippen LogP contribution in [0.5, 0.6) is 5.75 Å². The van der Waals surface area contributed by atoms with Crippen LogP contribution in [-0.2, 0) is 11.2 Å². The summed E-state index contributed by atoms with van der Waals surface area (Å²) in [7, 11) is 1.58. The van der Waals surface area contributed by atoms with E-state index in [1.807, 2.05) is 0 Å². The van der Waals surface area contributed by atoms with Crippen molar-refractivity contribution in [3.63, 3.8) is 0 Å². The summed E-state index contributed by atoms with van der Waals surface area (Å²) in [6.07, 6.45) is 0.950. The molecule has 9 nitrogen and oxygen atoms in total. The highest BCUT2D eigenvalue weighted by Crippen LogP contribution is 2.28. The molecule has 10 heteroatoms. The zero-order valence-electron chi connectivity index (χ0n) is 20.5. The first-order chi connectivity index (χ1) is 17.0. The Balaban J connectivity index is 1.61. The van der Waals surface area contributed by atoms with E-state index in [-0.39, 0.29) is 18.2 Å². The van der Waals surface area contributed by atoms with Crippen molar-refractivity contribution in [2.75, 3.05) is 18.6 Å². The van der Waals surface area contributed by atoms with E-state index in [0.29, 0.717) is 41.2 Å². The normalized spacial score (nSPS) is 11.7. The molecule has 0 aliphatic heterocycles. The molecule has 0 bridgehead atoms. The molecule has 0 saturated carbocycles. The molecule has 0 aliphatic rings. The summed E-state index contributed by atoms with van der Waals surface area (Å²) in [5, 5.41) is 19.2. The number of nitrogens with zero attached hydrogens (tertiary/aromatic N) is 3. The molecule has 1 atom stereocenters. The Kier molecular flexibility index (Phi) is 8.40. The summed E-state index contributed by atoms with van der Waals surface area (Å²) in [5.41, 5.74) is 0.645. The van der Waals surface area contributed by atoms with Gasteiger partial charge in [0.1, 0.15) is 29.6 Å². The molecule has 3 rings (SSSR count). The van der Waals surface area contributed by atoms with E-state index < -0.39 is 17.6 Å². The van der Waals surface area contributed by atoms with E-state index >= 15 is 0 Å². The lowest BCUT2D eigenvalue weighted by atomic mass is 10.1. The van der Waals surface area contributed by atoms with E-state index in [0.717, 1.165) is 0 Å². The Hall–Kier alpha value is -4.23. The third-order valence-corrected chi connectivity index (χ3v) is 4.87. The van der Waals surface area contributed by atoms with Gasteiger partial charge in [-0.15, -0.1) is 5.10 Å². The molecule has 1 unspecified atom stereocenters. The van der Waals surface area contributed by atoms with Crippen LogP contribution in [0, 0.1) is 17.7 Å². The number of hydrogen-bond donors (Lipinski definition) is 3. The highest BCUT2D eigenvalue weighted by molar-refractivity contribution is 5.90. The van der Waals surface area contributed by atoms with Gasteiger partial charge in [0.25, 0.3) is 5.91 Å². The molecule has 188 valence electrons. The number of H-pyrrole nitrogens is 1. The molecule has 3 aromatic rings. The summed E-state index contributed by atoms with van der Waals surface area (Å²) >= 11 is 0. The Morgan fingerprint density at radius 2 is 2.11 bits per heavy atom. The third kappa shape index (κ3) is 7.65. The molecule has 0 saturated heterocycles. The summed E-state index contributed by atoms with van der Waals surface area (Å²) in [4.78, 5) is 29.4. The van der Waals surface area contributed by atoms with E-state index in [2.05, 4.69) is 32.3 Å². The van der Waals surface area contributed by atoms with Crippen molar-refractivity contribution in [3.05, 3.63) is 71.1 Å². The zero-order valence-corrected chi connectivity index (χ0v) is 20.5. The minimum Gasteiger partial charge on any atom is -0.489 e. The van der Waals surface area contributed by atoms with Gasteiger partial charge in [-0.1, -0.05) is 24.0 Å². The predicted octanol–water partition coefficient (Wildman–Crippen LogP) is 2.45. The molecule has 2 aromatic carbocycles. The number of aromatic amines is 1. The SMILES string of the molecule is CC(COc1ccc(C#CC(C)(C)O)cc1N(C)C=O)NC(=O)c1n[nH]c(Cc2cccc(F)c2)n1. The maximum absolute atomic E-state index is 13.4. The molecule has 0 radical (unpaired) electrons. The standard InChI is InChI=1S/C26H28FN5O4/c1-17(28-25(34)24-29-23(30-31-24)14-19-6-5-7-20(27)12-19)15-36-22-9-8-18(10-11-26(2,3)35)13-21(22)32(4)16-33/h5-9,12-13,16-17,35H,14-15H2,1-4H3,(H,28,34)(H,29,30,31). The lowest BCUT2D eigenvalue weighted by molar-refractivity contribution is -0.107. The topological polar surface area (TPSA) is 120 Å². The summed E-state index contributed by atoms with van der Waals surface area (Å²) in [6.45, 7) is 5.02. The Labute approximate surface area is 208 Å². The van der Waals surface area contributed by atoms with E-state index in [1.165, 1.54) is 17.0 Å². The van der Waals surface area contributed by atoms with Crippen molar-refractivity contribution < 1.29 is 23.8 Å². The first-order valence-corrected chi connectivity index (χ1v) is 11.2. The van der Waals surface area contributed by atoms with Crippen molar-refractivity contribution in [2.24, 2.45) is 0 Å². The number of benzene rings is 2. The molecule has 0 aliphatic carbocycles. The quantitative estimate of drug-likeness (QED) is 0.311. The Bertz CT molecular complexity index is 1290. The van der Waals surface area contributed by atoms with Crippen LogP contribution >= 0.6 is 0 Å². The van der Waals surface area contributed by atoms with Gasteiger partial charge in [0, 0.05) is 19.0 Å². The van der Waals surface area contributed by atoms with E-state index in [4.69, 9.17) is 4.74 Å². The molecule has 0 spiro atoms. The van der Waals surface area contributed by atoms with Crippen LogP contribution in [0.15, 0.2) is 42.5 Å². The number of aliphatic hydroxyl groups is 1. The van der Waals surface area contributed by atoms with Gasteiger partial charge in [0.05, 0.1) is 11.7 Å². The first kappa shape index (κ1) is 26.4. The molecule has 36 heavy (non-hydrogen) atoms. The average Bonchev–Trinajstić information content (AvgIpc) is 3.29. The van der Waals surface area contributed by atoms with E-state index in [9.17, 15) is 19.1 Å². The summed E-state index contributed by atoms with van der Waals surface area (Å²) in [6, 6.07) is 10.8. The first-order valence-electron chi connectivity index (χ1n) is 11.2. The minimum absolute atomic E-state index is 0.0376. The second-order valence-corrected chi connectivity index (χ2v) is 8.81. The monoisotopic (exact) mass is 493 g/mol. The van der Waals surface area contributed by atoms with Crippen LogP contribution in [0.25, 0.3) is 0 Å². The fraction of sp³-hybridized carbons (Fsp3) is 0.308. The Morgan fingerprint density at radius 3 is 2.81 bits per heavy atom. The summed E-state index contributed by atoms with van der Waals surface area (Å²) < 4.78 is 19.2. The van der Waals surface area contributed by atoms with Crippen molar-refractivity contribution in [3.8, 4) is 17.6 Å². The van der Waals surface area contributed by atoms with Gasteiger partial charge in [-0.05, 0) is 56.7 Å². The minimum atomic E-state index is -1.15. The number of halogens is 1. The number of nitrogens with one attached hydrogen (secondary N) is 2. The number of anilines is 1. The number of carbonyl (C=O) groups excluding carboxylic acids is 2. The van der Waals surface area contributed by atoms with Crippen molar-refractivity contribution in [2.45, 2.75) is 38.8 Å². The van der Waals surface area contributed by atoms with Gasteiger partial charge in [0.15, 0.2) is 0 Å². The van der Waals surface area contributed by atoms with Crippen LogP contribution < -0.4 is 15.0 Å². The molecule has 2 amide bonds.